The van der Waals surface area contributed by atoms with Gasteiger partial charge in [0.1, 0.15) is 11.8 Å². The van der Waals surface area contributed by atoms with Gasteiger partial charge < -0.3 is 14.8 Å². The highest BCUT2D eigenvalue weighted by Gasteiger charge is 2.35. The van der Waals surface area contributed by atoms with Gasteiger partial charge in [-0.2, -0.15) is 0 Å². The lowest BCUT2D eigenvalue weighted by Gasteiger charge is -2.26. The fourth-order valence-corrected chi connectivity index (χ4v) is 3.05. The van der Waals surface area contributed by atoms with Gasteiger partial charge in [0.15, 0.2) is 0 Å². The van der Waals surface area contributed by atoms with Crippen molar-refractivity contribution in [2.24, 2.45) is 11.8 Å². The first-order valence-corrected chi connectivity index (χ1v) is 7.93. The zero-order chi connectivity index (χ0) is 16.9. The van der Waals surface area contributed by atoms with Crippen LogP contribution in [0.4, 0.5) is 0 Å². The van der Waals surface area contributed by atoms with Crippen molar-refractivity contribution < 1.29 is 19.1 Å². The largest absolute Gasteiger partial charge is 0.481 e. The number of carboxylic acids is 1. The average molecular weight is 325 g/mol. The van der Waals surface area contributed by atoms with Gasteiger partial charge >= 0.3 is 5.97 Å². The predicted molar refractivity (Wildman–Crippen MR) is 88.1 cm³/mol. The number of amides is 1. The van der Waals surface area contributed by atoms with Gasteiger partial charge in [-0.25, -0.2) is 0 Å². The summed E-state index contributed by atoms with van der Waals surface area (Å²) in [7, 11) is 0. The van der Waals surface area contributed by atoms with Crippen LogP contribution in [0, 0.1) is 11.8 Å². The Bertz CT molecular complexity index is 721. The fourth-order valence-electron chi connectivity index (χ4n) is 3.05. The molecular weight excluding hydrogens is 306 g/mol. The molecule has 1 aliphatic rings. The highest BCUT2D eigenvalue weighted by Crippen LogP contribution is 2.28. The van der Waals surface area contributed by atoms with Gasteiger partial charge in [0, 0.05) is 0 Å². The number of benzene rings is 1. The summed E-state index contributed by atoms with van der Waals surface area (Å²) >= 11 is 0. The summed E-state index contributed by atoms with van der Waals surface area (Å²) in [5.74, 6) is -1.85. The third-order valence-corrected chi connectivity index (χ3v) is 4.33. The van der Waals surface area contributed by atoms with E-state index in [0.29, 0.717) is 18.6 Å². The van der Waals surface area contributed by atoms with E-state index in [1.54, 1.807) is 18.4 Å². The van der Waals surface area contributed by atoms with Crippen LogP contribution in [0.3, 0.4) is 0 Å². The van der Waals surface area contributed by atoms with E-state index in [2.05, 4.69) is 5.32 Å². The minimum Gasteiger partial charge on any atom is -0.481 e. The van der Waals surface area contributed by atoms with Gasteiger partial charge in [-0.05, 0) is 30.5 Å². The Morgan fingerprint density at radius 2 is 1.75 bits per heavy atom. The number of hydrogen-bond donors (Lipinski definition) is 2. The Hall–Kier alpha value is -2.82. The highest BCUT2D eigenvalue weighted by atomic mass is 16.4. The van der Waals surface area contributed by atoms with E-state index in [0.717, 1.165) is 5.56 Å². The van der Waals surface area contributed by atoms with Crippen molar-refractivity contribution in [3.8, 4) is 0 Å². The van der Waals surface area contributed by atoms with Crippen LogP contribution < -0.4 is 5.32 Å². The Labute approximate surface area is 140 Å². The van der Waals surface area contributed by atoms with Gasteiger partial charge in [0.2, 0.25) is 5.91 Å². The minimum absolute atomic E-state index is 0.267. The molecule has 0 unspecified atom stereocenters. The molecule has 5 nitrogen and oxygen atoms in total. The smallest absolute Gasteiger partial charge is 0.307 e. The summed E-state index contributed by atoms with van der Waals surface area (Å²) in [6.45, 7) is 0. The van der Waals surface area contributed by atoms with Crippen LogP contribution in [0.2, 0.25) is 0 Å². The maximum absolute atomic E-state index is 12.7. The molecule has 0 bridgehead atoms. The molecule has 3 rings (SSSR count). The average Bonchev–Trinajstić information content (AvgIpc) is 3.14. The number of furan rings is 1. The van der Waals surface area contributed by atoms with Gasteiger partial charge in [-0.3, -0.25) is 9.59 Å². The second-order valence-electron chi connectivity index (χ2n) is 5.86. The summed E-state index contributed by atoms with van der Waals surface area (Å²) in [5, 5.41) is 12.3. The first kappa shape index (κ1) is 16.1. The monoisotopic (exact) mass is 325 g/mol. The quantitative estimate of drug-likeness (QED) is 0.828. The molecule has 5 heteroatoms. The SMILES string of the molecule is O=C(N[C@@H](c1ccccc1)c1ccco1)[C@H]1CC=CC[C@H]1C(=O)O. The Morgan fingerprint density at radius 3 is 2.38 bits per heavy atom. The lowest BCUT2D eigenvalue weighted by atomic mass is 9.82. The topological polar surface area (TPSA) is 79.5 Å². The fraction of sp³-hybridized carbons (Fsp3) is 0.263. The van der Waals surface area contributed by atoms with Crippen molar-refractivity contribution in [1.82, 2.24) is 5.32 Å². The van der Waals surface area contributed by atoms with Crippen molar-refractivity contribution in [3.05, 3.63) is 72.2 Å². The molecule has 1 heterocycles. The zero-order valence-corrected chi connectivity index (χ0v) is 13.1. The molecule has 0 spiro atoms. The Balaban J connectivity index is 1.84. The third-order valence-electron chi connectivity index (χ3n) is 4.33. The molecule has 2 N–H and O–H groups in total. The van der Waals surface area contributed by atoms with Crippen LogP contribution in [-0.4, -0.2) is 17.0 Å². The van der Waals surface area contributed by atoms with Crippen LogP contribution >= 0.6 is 0 Å². The van der Waals surface area contributed by atoms with Crippen LogP contribution in [0.15, 0.2) is 65.3 Å². The van der Waals surface area contributed by atoms with Crippen LogP contribution in [0.25, 0.3) is 0 Å². The van der Waals surface area contributed by atoms with E-state index in [1.807, 2.05) is 42.5 Å². The number of rotatable bonds is 5. The number of carboxylic acid groups (broad SMARTS) is 1. The molecule has 124 valence electrons. The number of nitrogens with one attached hydrogen (secondary N) is 1. The van der Waals surface area contributed by atoms with E-state index >= 15 is 0 Å². The number of hydrogen-bond acceptors (Lipinski definition) is 3. The third kappa shape index (κ3) is 3.40. The summed E-state index contributed by atoms with van der Waals surface area (Å²) in [5.41, 5.74) is 0.888. The van der Waals surface area contributed by atoms with Crippen LogP contribution in [0.1, 0.15) is 30.2 Å². The van der Waals surface area contributed by atoms with Crippen molar-refractivity contribution >= 4 is 11.9 Å². The molecule has 0 aliphatic heterocycles. The van der Waals surface area contributed by atoms with Crippen LogP contribution in [0.5, 0.6) is 0 Å². The van der Waals surface area contributed by atoms with Crippen molar-refractivity contribution in [2.45, 2.75) is 18.9 Å². The molecule has 24 heavy (non-hydrogen) atoms. The first-order valence-electron chi connectivity index (χ1n) is 7.93. The standard InChI is InChI=1S/C19H19NO4/c21-18(14-9-4-5-10-15(14)19(22)23)20-17(16-11-6-12-24-16)13-7-2-1-3-8-13/h1-8,11-12,14-15,17H,9-10H2,(H,20,21)(H,22,23)/t14-,15+,17-/m0/s1. The lowest BCUT2D eigenvalue weighted by Crippen LogP contribution is -2.40. The number of carbonyl (C=O) groups excluding carboxylic acids is 1. The van der Waals surface area contributed by atoms with Crippen LogP contribution in [-0.2, 0) is 9.59 Å². The molecule has 0 fully saturated rings. The molecule has 3 atom stereocenters. The van der Waals surface area contributed by atoms with Gasteiger partial charge in [0.25, 0.3) is 0 Å². The van der Waals surface area contributed by atoms with E-state index < -0.39 is 23.8 Å². The normalized spacial score (nSPS) is 21.2. The second-order valence-corrected chi connectivity index (χ2v) is 5.86. The summed E-state index contributed by atoms with van der Waals surface area (Å²) < 4.78 is 5.47. The highest BCUT2D eigenvalue weighted by molar-refractivity contribution is 5.85. The number of carbonyl (C=O) groups is 2. The first-order chi connectivity index (χ1) is 11.7. The molecule has 1 aliphatic carbocycles. The predicted octanol–water partition coefficient (Wildman–Crippen LogP) is 3.15. The zero-order valence-electron chi connectivity index (χ0n) is 13.1. The van der Waals surface area contributed by atoms with Crippen molar-refractivity contribution in [1.29, 1.82) is 0 Å². The van der Waals surface area contributed by atoms with Crippen molar-refractivity contribution in [3.63, 3.8) is 0 Å². The molecule has 2 aromatic rings. The minimum atomic E-state index is -0.936. The van der Waals surface area contributed by atoms with Gasteiger partial charge in [0.05, 0.1) is 18.1 Å². The molecule has 1 aromatic heterocycles. The molecule has 0 radical (unpaired) electrons. The molecule has 1 amide bonds. The molecule has 0 saturated carbocycles. The summed E-state index contributed by atoms with van der Waals surface area (Å²) in [6.07, 6.45) is 6.06. The number of aliphatic carboxylic acids is 1. The summed E-state index contributed by atoms with van der Waals surface area (Å²) in [6, 6.07) is 12.6. The summed E-state index contributed by atoms with van der Waals surface area (Å²) in [4.78, 5) is 24.2. The van der Waals surface area contributed by atoms with E-state index in [-0.39, 0.29) is 5.91 Å². The Morgan fingerprint density at radius 1 is 1.04 bits per heavy atom. The number of allylic oxidation sites excluding steroid dienone is 2. The van der Waals surface area contributed by atoms with E-state index in [1.165, 1.54) is 0 Å². The molecule has 0 saturated heterocycles. The van der Waals surface area contributed by atoms with E-state index in [9.17, 15) is 14.7 Å². The maximum atomic E-state index is 12.7. The Kier molecular flexibility index (Phi) is 4.79. The van der Waals surface area contributed by atoms with Gasteiger partial charge in [-0.1, -0.05) is 42.5 Å². The second kappa shape index (κ2) is 7.17. The molecular formula is C19H19NO4. The van der Waals surface area contributed by atoms with Gasteiger partial charge in [-0.15, -0.1) is 0 Å². The lowest BCUT2D eigenvalue weighted by molar-refractivity contribution is -0.147. The maximum Gasteiger partial charge on any atom is 0.307 e. The van der Waals surface area contributed by atoms with E-state index in [4.69, 9.17) is 4.42 Å². The molecule has 1 aromatic carbocycles. The van der Waals surface area contributed by atoms with Crippen molar-refractivity contribution in [2.75, 3.05) is 0 Å².